The molecule has 0 aliphatic heterocycles. The first-order chi connectivity index (χ1) is 16.8. The number of alkyl halides is 3. The van der Waals surface area contributed by atoms with E-state index in [1.807, 2.05) is 6.07 Å². The number of ether oxygens (including phenoxy) is 1. The second-order valence-corrected chi connectivity index (χ2v) is 8.86. The number of pyridine rings is 1. The molecule has 0 radical (unpaired) electrons. The number of ketones is 1. The lowest BCUT2D eigenvalue weighted by Crippen LogP contribution is -2.28. The van der Waals surface area contributed by atoms with Crippen LogP contribution in [0.4, 0.5) is 29.3 Å². The fourth-order valence-corrected chi connectivity index (χ4v) is 3.19. The molecule has 3 rings (SSSR count). The molecule has 0 spiro atoms. The van der Waals surface area contributed by atoms with Crippen molar-refractivity contribution in [2.24, 2.45) is 0 Å². The van der Waals surface area contributed by atoms with Crippen molar-refractivity contribution in [3.8, 4) is 11.1 Å². The van der Waals surface area contributed by atoms with Gasteiger partial charge >= 0.3 is 12.3 Å². The number of anilines is 2. The highest BCUT2D eigenvalue weighted by Gasteiger charge is 2.31. The van der Waals surface area contributed by atoms with E-state index in [-0.39, 0.29) is 16.9 Å². The van der Waals surface area contributed by atoms with Gasteiger partial charge in [0.25, 0.3) is 0 Å². The Morgan fingerprint density at radius 3 is 2.25 bits per heavy atom. The first-order valence-corrected chi connectivity index (χ1v) is 10.9. The van der Waals surface area contributed by atoms with Crippen LogP contribution >= 0.6 is 0 Å². The van der Waals surface area contributed by atoms with E-state index in [2.05, 4.69) is 15.6 Å². The van der Waals surface area contributed by atoms with Crippen LogP contribution in [0.15, 0.2) is 67.0 Å². The molecule has 7 nitrogen and oxygen atoms in total. The zero-order valence-corrected chi connectivity index (χ0v) is 19.8. The lowest BCUT2D eigenvalue weighted by Gasteiger charge is -2.21. The van der Waals surface area contributed by atoms with Gasteiger partial charge < -0.3 is 10.1 Å². The van der Waals surface area contributed by atoms with Gasteiger partial charge in [0.1, 0.15) is 5.60 Å². The number of amides is 2. The third kappa shape index (κ3) is 7.39. The van der Waals surface area contributed by atoms with Crippen molar-refractivity contribution in [2.75, 3.05) is 10.6 Å². The Hall–Kier alpha value is -4.21. The van der Waals surface area contributed by atoms with Gasteiger partial charge in [0.05, 0.1) is 23.4 Å². The average Bonchev–Trinajstić information content (AvgIpc) is 2.79. The Labute approximate surface area is 205 Å². The standard InChI is InChI=1S/C26H24F3N3O4/c1-25(2,3)36-24(35)32-20-10-9-19(26(27,28)29)13-21(20)31-23(34)14-22(33)17-7-4-6-16(12-17)18-8-5-11-30-15-18/h4-13,15H,14H2,1-3H3,(H,31,34)(H,32,35). The minimum atomic E-state index is -4.69. The summed E-state index contributed by atoms with van der Waals surface area (Å²) in [5, 5.41) is 4.63. The smallest absolute Gasteiger partial charge is 0.416 e. The molecule has 36 heavy (non-hydrogen) atoms. The molecule has 0 saturated carbocycles. The van der Waals surface area contributed by atoms with Crippen molar-refractivity contribution in [1.82, 2.24) is 4.98 Å². The molecule has 0 saturated heterocycles. The molecule has 2 N–H and O–H groups in total. The van der Waals surface area contributed by atoms with Gasteiger partial charge in [-0.25, -0.2) is 4.79 Å². The molecule has 0 aliphatic carbocycles. The number of halogens is 3. The molecule has 0 aliphatic rings. The molecule has 1 heterocycles. The third-order valence-corrected chi connectivity index (χ3v) is 4.76. The molecule has 1 aromatic heterocycles. The SMILES string of the molecule is CC(C)(C)OC(=O)Nc1ccc(C(F)(F)F)cc1NC(=O)CC(=O)c1cccc(-c2cccnc2)c1. The number of nitrogens with one attached hydrogen (secondary N) is 2. The second kappa shape index (κ2) is 10.6. The summed E-state index contributed by atoms with van der Waals surface area (Å²) < 4.78 is 44.9. The van der Waals surface area contributed by atoms with Crippen LogP contribution in [0.2, 0.25) is 0 Å². The first-order valence-electron chi connectivity index (χ1n) is 10.9. The highest BCUT2D eigenvalue weighted by Crippen LogP contribution is 2.34. The predicted molar refractivity (Wildman–Crippen MR) is 129 cm³/mol. The molecule has 188 valence electrons. The minimum Gasteiger partial charge on any atom is -0.444 e. The summed E-state index contributed by atoms with van der Waals surface area (Å²) in [6, 6.07) is 12.6. The van der Waals surface area contributed by atoms with Gasteiger partial charge in [-0.15, -0.1) is 0 Å². The second-order valence-electron chi connectivity index (χ2n) is 8.86. The van der Waals surface area contributed by atoms with E-state index in [1.165, 1.54) is 6.07 Å². The van der Waals surface area contributed by atoms with E-state index in [9.17, 15) is 27.6 Å². The fraction of sp³-hybridized carbons (Fsp3) is 0.231. The third-order valence-electron chi connectivity index (χ3n) is 4.76. The van der Waals surface area contributed by atoms with Crippen LogP contribution in [0, 0.1) is 0 Å². The average molecular weight is 499 g/mol. The Balaban J connectivity index is 1.79. The zero-order valence-electron chi connectivity index (χ0n) is 19.8. The summed E-state index contributed by atoms with van der Waals surface area (Å²) >= 11 is 0. The van der Waals surface area contributed by atoms with Crippen molar-refractivity contribution < 1.29 is 32.3 Å². The van der Waals surface area contributed by atoms with Crippen LogP contribution in [0.3, 0.4) is 0 Å². The van der Waals surface area contributed by atoms with Gasteiger partial charge in [-0.1, -0.05) is 24.3 Å². The normalized spacial score (nSPS) is 11.5. The molecule has 2 aromatic carbocycles. The number of aromatic nitrogens is 1. The van der Waals surface area contributed by atoms with Crippen LogP contribution in [-0.2, 0) is 15.7 Å². The number of Topliss-reactive ketones (excluding diaryl/α,β-unsaturated/α-hetero) is 1. The summed E-state index contributed by atoms with van der Waals surface area (Å²) in [6.45, 7) is 4.87. The first kappa shape index (κ1) is 26.4. The van der Waals surface area contributed by atoms with E-state index in [0.717, 1.165) is 23.3 Å². The molecule has 0 unspecified atom stereocenters. The Morgan fingerprint density at radius 1 is 0.889 bits per heavy atom. The molecule has 3 aromatic rings. The molecular weight excluding hydrogens is 475 g/mol. The van der Waals surface area contributed by atoms with Crippen LogP contribution in [0.25, 0.3) is 11.1 Å². The monoisotopic (exact) mass is 499 g/mol. The van der Waals surface area contributed by atoms with E-state index >= 15 is 0 Å². The topological polar surface area (TPSA) is 97.4 Å². The maximum Gasteiger partial charge on any atom is 0.416 e. The molecule has 0 bridgehead atoms. The number of rotatable bonds is 6. The summed E-state index contributed by atoms with van der Waals surface area (Å²) in [7, 11) is 0. The lowest BCUT2D eigenvalue weighted by molar-refractivity contribution is -0.137. The molecule has 0 atom stereocenters. The predicted octanol–water partition coefficient (Wildman–Crippen LogP) is 6.33. The Morgan fingerprint density at radius 2 is 1.61 bits per heavy atom. The maximum atomic E-state index is 13.2. The Kier molecular flexibility index (Phi) is 7.77. The highest BCUT2D eigenvalue weighted by atomic mass is 19.4. The van der Waals surface area contributed by atoms with E-state index in [0.29, 0.717) is 6.07 Å². The van der Waals surface area contributed by atoms with Crippen molar-refractivity contribution in [1.29, 1.82) is 0 Å². The lowest BCUT2D eigenvalue weighted by atomic mass is 10.0. The summed E-state index contributed by atoms with van der Waals surface area (Å²) in [5.41, 5.74) is -0.578. The largest absolute Gasteiger partial charge is 0.444 e. The van der Waals surface area contributed by atoms with Crippen LogP contribution in [-0.4, -0.2) is 28.4 Å². The molecule has 0 fully saturated rings. The van der Waals surface area contributed by atoms with Crippen LogP contribution in [0.1, 0.15) is 43.1 Å². The van der Waals surface area contributed by atoms with E-state index in [4.69, 9.17) is 4.74 Å². The summed E-state index contributed by atoms with van der Waals surface area (Å²) in [4.78, 5) is 41.5. The number of nitrogens with zero attached hydrogens (tertiary/aromatic N) is 1. The minimum absolute atomic E-state index is 0.114. The number of carbonyl (C=O) groups excluding carboxylic acids is 3. The maximum absolute atomic E-state index is 13.2. The van der Waals surface area contributed by atoms with Crippen LogP contribution < -0.4 is 10.6 Å². The van der Waals surface area contributed by atoms with Gasteiger partial charge in [-0.2, -0.15) is 13.2 Å². The molecule has 10 heteroatoms. The van der Waals surface area contributed by atoms with Crippen molar-refractivity contribution in [2.45, 2.75) is 39.0 Å². The van der Waals surface area contributed by atoms with Gasteiger partial charge in [-0.05, 0) is 56.7 Å². The quantitative estimate of drug-likeness (QED) is 0.305. The molecule has 2 amide bonds. The van der Waals surface area contributed by atoms with Gasteiger partial charge in [0.2, 0.25) is 5.91 Å². The zero-order chi connectivity index (χ0) is 26.5. The van der Waals surface area contributed by atoms with Gasteiger partial charge in [0.15, 0.2) is 5.78 Å². The summed E-state index contributed by atoms with van der Waals surface area (Å²) in [6.07, 6.45) is -2.99. The van der Waals surface area contributed by atoms with Crippen molar-refractivity contribution in [3.05, 3.63) is 78.1 Å². The number of carbonyl (C=O) groups is 3. The van der Waals surface area contributed by atoms with Crippen molar-refractivity contribution in [3.63, 3.8) is 0 Å². The number of hydrogen-bond acceptors (Lipinski definition) is 5. The number of hydrogen-bond donors (Lipinski definition) is 2. The number of benzene rings is 2. The Bertz CT molecular complexity index is 1270. The molecular formula is C26H24F3N3O4. The van der Waals surface area contributed by atoms with Gasteiger partial charge in [0, 0.05) is 23.5 Å². The van der Waals surface area contributed by atoms with Crippen LogP contribution in [0.5, 0.6) is 0 Å². The van der Waals surface area contributed by atoms with E-state index < -0.39 is 41.5 Å². The highest BCUT2D eigenvalue weighted by molar-refractivity contribution is 6.12. The fourth-order valence-electron chi connectivity index (χ4n) is 3.19. The van der Waals surface area contributed by atoms with Gasteiger partial charge in [-0.3, -0.25) is 19.9 Å². The van der Waals surface area contributed by atoms with E-state index in [1.54, 1.807) is 57.4 Å². The summed E-state index contributed by atoms with van der Waals surface area (Å²) in [5.74, 6) is -1.38. The van der Waals surface area contributed by atoms with Crippen molar-refractivity contribution >= 4 is 29.2 Å².